The average Bonchev–Trinajstić information content (AvgIpc) is 3.34. The SMILES string of the molecule is C=O.CC.CC.CCCC(N)=O.O=C(C1CCCN1)N1CCCC1. The number of hydrogen-bond donors (Lipinski definition) is 2. The first-order chi connectivity index (χ1) is 11.6. The minimum atomic E-state index is -0.211. The van der Waals surface area contributed by atoms with Crippen molar-refractivity contribution in [3.63, 3.8) is 0 Å². The van der Waals surface area contributed by atoms with E-state index in [2.05, 4.69) is 5.32 Å². The van der Waals surface area contributed by atoms with Gasteiger partial charge in [0.1, 0.15) is 6.79 Å². The maximum absolute atomic E-state index is 11.7. The molecule has 0 aromatic rings. The predicted molar refractivity (Wildman–Crippen MR) is 101 cm³/mol. The molecule has 0 spiro atoms. The summed E-state index contributed by atoms with van der Waals surface area (Å²) in [5.41, 5.74) is 4.76. The summed E-state index contributed by atoms with van der Waals surface area (Å²) in [7, 11) is 0. The summed E-state index contributed by atoms with van der Waals surface area (Å²) < 4.78 is 0. The molecule has 0 aromatic carbocycles. The molecule has 2 rings (SSSR count). The Labute approximate surface area is 148 Å². The molecular formula is C18H39N3O3. The van der Waals surface area contributed by atoms with Gasteiger partial charge in [0.25, 0.3) is 0 Å². The van der Waals surface area contributed by atoms with Gasteiger partial charge >= 0.3 is 0 Å². The first kappa shape index (κ1) is 27.4. The highest BCUT2D eigenvalue weighted by molar-refractivity contribution is 5.82. The molecule has 24 heavy (non-hydrogen) atoms. The quantitative estimate of drug-likeness (QED) is 0.822. The van der Waals surface area contributed by atoms with Gasteiger partial charge in [-0.3, -0.25) is 9.59 Å². The fraction of sp³-hybridized carbons (Fsp3) is 0.833. The van der Waals surface area contributed by atoms with Crippen molar-refractivity contribution in [2.75, 3.05) is 19.6 Å². The molecule has 1 atom stereocenters. The molecule has 2 aliphatic heterocycles. The first-order valence-corrected chi connectivity index (χ1v) is 9.24. The van der Waals surface area contributed by atoms with E-state index in [9.17, 15) is 9.59 Å². The number of nitrogens with one attached hydrogen (secondary N) is 1. The lowest BCUT2D eigenvalue weighted by Gasteiger charge is -2.19. The highest BCUT2D eigenvalue weighted by Gasteiger charge is 2.27. The largest absolute Gasteiger partial charge is 0.370 e. The molecular weight excluding hydrogens is 306 g/mol. The van der Waals surface area contributed by atoms with Crippen molar-refractivity contribution < 1.29 is 14.4 Å². The minimum absolute atomic E-state index is 0.142. The summed E-state index contributed by atoms with van der Waals surface area (Å²) in [5, 5.41) is 3.24. The van der Waals surface area contributed by atoms with Crippen molar-refractivity contribution in [1.82, 2.24) is 10.2 Å². The number of amides is 2. The molecule has 3 N–H and O–H groups in total. The maximum Gasteiger partial charge on any atom is 0.239 e. The van der Waals surface area contributed by atoms with E-state index < -0.39 is 0 Å². The van der Waals surface area contributed by atoms with E-state index in [0.717, 1.165) is 38.9 Å². The fourth-order valence-electron chi connectivity index (χ4n) is 2.30. The lowest BCUT2D eigenvalue weighted by molar-refractivity contribution is -0.132. The van der Waals surface area contributed by atoms with Crippen molar-refractivity contribution in [2.24, 2.45) is 5.73 Å². The highest BCUT2D eigenvalue weighted by Crippen LogP contribution is 2.13. The number of nitrogens with zero attached hydrogens (tertiary/aromatic N) is 1. The zero-order valence-corrected chi connectivity index (χ0v) is 16.4. The Bertz CT molecular complexity index is 269. The van der Waals surface area contributed by atoms with E-state index in [0.29, 0.717) is 12.3 Å². The maximum atomic E-state index is 11.7. The van der Waals surface area contributed by atoms with Gasteiger partial charge in [0.2, 0.25) is 11.8 Å². The van der Waals surface area contributed by atoms with Crippen molar-refractivity contribution in [1.29, 1.82) is 0 Å². The molecule has 6 heteroatoms. The number of rotatable bonds is 3. The van der Waals surface area contributed by atoms with Gasteiger partial charge < -0.3 is 20.7 Å². The molecule has 0 radical (unpaired) electrons. The second kappa shape index (κ2) is 21.6. The number of primary amides is 1. The summed E-state index contributed by atoms with van der Waals surface area (Å²) in [4.78, 5) is 31.5. The second-order valence-corrected chi connectivity index (χ2v) is 4.90. The molecule has 0 aliphatic carbocycles. The Balaban J connectivity index is -0.000000314. The minimum Gasteiger partial charge on any atom is -0.370 e. The van der Waals surface area contributed by atoms with Crippen LogP contribution in [0, 0.1) is 0 Å². The topological polar surface area (TPSA) is 92.5 Å². The van der Waals surface area contributed by atoms with Crippen LogP contribution in [0.2, 0.25) is 0 Å². The Morgan fingerprint density at radius 2 is 1.58 bits per heavy atom. The molecule has 144 valence electrons. The van der Waals surface area contributed by atoms with Crippen molar-refractivity contribution in [3.8, 4) is 0 Å². The van der Waals surface area contributed by atoms with E-state index >= 15 is 0 Å². The summed E-state index contributed by atoms with van der Waals surface area (Å²) in [6, 6.07) is 0.142. The van der Waals surface area contributed by atoms with Crippen LogP contribution in [0.15, 0.2) is 0 Å². The van der Waals surface area contributed by atoms with Gasteiger partial charge in [-0.25, -0.2) is 0 Å². The Hall–Kier alpha value is -1.43. The number of likely N-dealkylation sites (tertiary alicyclic amines) is 1. The molecule has 2 heterocycles. The van der Waals surface area contributed by atoms with Gasteiger partial charge in [-0.15, -0.1) is 0 Å². The van der Waals surface area contributed by atoms with Gasteiger partial charge in [0.15, 0.2) is 0 Å². The Kier molecular flexibility index (Phi) is 24.6. The predicted octanol–water partition coefficient (Wildman–Crippen LogP) is 2.50. The normalized spacial score (nSPS) is 17.5. The Morgan fingerprint density at radius 3 is 1.88 bits per heavy atom. The van der Waals surface area contributed by atoms with Gasteiger partial charge in [-0.1, -0.05) is 34.6 Å². The molecule has 0 saturated carbocycles. The van der Waals surface area contributed by atoms with Crippen molar-refractivity contribution in [3.05, 3.63) is 0 Å². The zero-order valence-electron chi connectivity index (χ0n) is 16.4. The van der Waals surface area contributed by atoms with Gasteiger partial charge in [0.05, 0.1) is 6.04 Å². The summed E-state index contributed by atoms with van der Waals surface area (Å²) in [6.07, 6.45) is 5.95. The van der Waals surface area contributed by atoms with Crippen LogP contribution < -0.4 is 11.1 Å². The fourth-order valence-corrected chi connectivity index (χ4v) is 2.30. The molecule has 2 fully saturated rings. The summed E-state index contributed by atoms with van der Waals surface area (Å²) in [6.45, 7) is 14.9. The highest BCUT2D eigenvalue weighted by atomic mass is 16.2. The van der Waals surface area contributed by atoms with Crippen LogP contribution in [0.1, 0.15) is 73.1 Å². The molecule has 2 saturated heterocycles. The zero-order chi connectivity index (χ0) is 19.4. The third-order valence-electron chi connectivity index (χ3n) is 3.27. The number of carbonyl (C=O) groups is 3. The lowest BCUT2D eigenvalue weighted by atomic mass is 10.2. The number of hydrogen-bond acceptors (Lipinski definition) is 4. The third-order valence-corrected chi connectivity index (χ3v) is 3.27. The smallest absolute Gasteiger partial charge is 0.239 e. The molecule has 6 nitrogen and oxygen atoms in total. The monoisotopic (exact) mass is 345 g/mol. The van der Waals surface area contributed by atoms with Crippen LogP contribution >= 0.6 is 0 Å². The molecule has 0 aromatic heterocycles. The lowest BCUT2D eigenvalue weighted by Crippen LogP contribution is -2.42. The Morgan fingerprint density at radius 1 is 1.08 bits per heavy atom. The van der Waals surface area contributed by atoms with Gasteiger partial charge in [-0.2, -0.15) is 0 Å². The molecule has 2 amide bonds. The van der Waals surface area contributed by atoms with Crippen LogP contribution in [0.5, 0.6) is 0 Å². The van der Waals surface area contributed by atoms with Crippen LogP contribution in [0.25, 0.3) is 0 Å². The summed E-state index contributed by atoms with van der Waals surface area (Å²) >= 11 is 0. The van der Waals surface area contributed by atoms with Crippen LogP contribution in [-0.2, 0) is 14.4 Å². The number of nitrogens with two attached hydrogens (primary N) is 1. The van der Waals surface area contributed by atoms with Gasteiger partial charge in [0, 0.05) is 19.5 Å². The average molecular weight is 346 g/mol. The van der Waals surface area contributed by atoms with E-state index in [1.54, 1.807) is 0 Å². The van der Waals surface area contributed by atoms with E-state index in [4.69, 9.17) is 10.5 Å². The standard InChI is InChI=1S/C9H16N2O.C4H9NO.2C2H6.CH2O/c12-9(8-4-3-5-10-8)11-6-1-2-7-11;1-2-3-4(5)6;3*1-2/h8,10H,1-7H2;2-3H2,1H3,(H2,5,6);2*1-2H3;1H2. The molecule has 0 bridgehead atoms. The van der Waals surface area contributed by atoms with E-state index in [-0.39, 0.29) is 11.9 Å². The molecule has 1 unspecified atom stereocenters. The van der Waals surface area contributed by atoms with Crippen molar-refractivity contribution in [2.45, 2.75) is 79.2 Å². The number of carbonyl (C=O) groups excluding carboxylic acids is 3. The second-order valence-electron chi connectivity index (χ2n) is 4.90. The third kappa shape index (κ3) is 14.2. The van der Waals surface area contributed by atoms with Crippen LogP contribution in [0.4, 0.5) is 0 Å². The van der Waals surface area contributed by atoms with Crippen LogP contribution in [0.3, 0.4) is 0 Å². The van der Waals surface area contributed by atoms with E-state index in [1.165, 1.54) is 12.8 Å². The summed E-state index contributed by atoms with van der Waals surface area (Å²) in [5.74, 6) is 0.127. The van der Waals surface area contributed by atoms with Crippen LogP contribution in [-0.4, -0.2) is 49.2 Å². The van der Waals surface area contributed by atoms with E-state index in [1.807, 2.05) is 46.3 Å². The van der Waals surface area contributed by atoms with Crippen molar-refractivity contribution >= 4 is 18.6 Å². The molecule has 2 aliphatic rings. The van der Waals surface area contributed by atoms with Gasteiger partial charge in [-0.05, 0) is 38.6 Å². The first-order valence-electron chi connectivity index (χ1n) is 9.24.